The third-order valence-corrected chi connectivity index (χ3v) is 6.25. The van der Waals surface area contributed by atoms with Crippen molar-refractivity contribution in [2.24, 2.45) is 4.99 Å². The SMILES string of the molecule is C=C/C(=C(/C)N=C)c1cnc2ccc(CC(=O)NC(c3ccccc3)c3ccc(C)cc3C)cc2n1. The van der Waals surface area contributed by atoms with E-state index in [9.17, 15) is 4.79 Å². The molecule has 3 aromatic carbocycles. The minimum Gasteiger partial charge on any atom is -0.345 e. The summed E-state index contributed by atoms with van der Waals surface area (Å²) in [4.78, 5) is 26.5. The Bertz CT molecular complexity index is 1470. The summed E-state index contributed by atoms with van der Waals surface area (Å²) in [5.74, 6) is -0.0642. The summed E-state index contributed by atoms with van der Waals surface area (Å²) in [7, 11) is 0. The molecule has 1 unspecified atom stereocenters. The molecular formula is C31H30N4O. The molecule has 1 heterocycles. The fourth-order valence-corrected chi connectivity index (χ4v) is 4.35. The number of benzene rings is 3. The predicted octanol–water partition coefficient (Wildman–Crippen LogP) is 6.31. The molecule has 1 aromatic heterocycles. The molecule has 36 heavy (non-hydrogen) atoms. The first-order valence-corrected chi connectivity index (χ1v) is 11.9. The van der Waals surface area contributed by atoms with Crippen molar-refractivity contribution in [2.75, 3.05) is 0 Å². The molecule has 5 heteroatoms. The largest absolute Gasteiger partial charge is 0.345 e. The maximum atomic E-state index is 13.2. The van der Waals surface area contributed by atoms with Gasteiger partial charge in [0.05, 0.1) is 35.4 Å². The molecule has 5 nitrogen and oxygen atoms in total. The molecule has 0 fully saturated rings. The zero-order chi connectivity index (χ0) is 25.7. The third kappa shape index (κ3) is 5.47. The van der Waals surface area contributed by atoms with E-state index in [1.807, 2.05) is 55.5 Å². The van der Waals surface area contributed by atoms with Crippen molar-refractivity contribution in [1.82, 2.24) is 15.3 Å². The second-order valence-electron chi connectivity index (χ2n) is 8.89. The number of hydrogen-bond donors (Lipinski definition) is 1. The number of amides is 1. The Labute approximate surface area is 212 Å². The van der Waals surface area contributed by atoms with Gasteiger partial charge < -0.3 is 5.32 Å². The number of carbonyl (C=O) groups excluding carboxylic acids is 1. The highest BCUT2D eigenvalue weighted by Crippen LogP contribution is 2.26. The van der Waals surface area contributed by atoms with Crippen LogP contribution in [0.3, 0.4) is 0 Å². The summed E-state index contributed by atoms with van der Waals surface area (Å²) in [5.41, 5.74) is 8.98. The van der Waals surface area contributed by atoms with E-state index in [0.29, 0.717) is 11.2 Å². The van der Waals surface area contributed by atoms with Crippen molar-refractivity contribution in [3.63, 3.8) is 0 Å². The van der Waals surface area contributed by atoms with E-state index in [1.165, 1.54) is 5.56 Å². The van der Waals surface area contributed by atoms with Crippen molar-refractivity contribution >= 4 is 29.2 Å². The lowest BCUT2D eigenvalue weighted by atomic mass is 9.93. The summed E-state index contributed by atoms with van der Waals surface area (Å²) < 4.78 is 0. The lowest BCUT2D eigenvalue weighted by Gasteiger charge is -2.22. The molecule has 0 spiro atoms. The maximum absolute atomic E-state index is 13.2. The van der Waals surface area contributed by atoms with Gasteiger partial charge in [-0.25, -0.2) is 4.98 Å². The highest BCUT2D eigenvalue weighted by Gasteiger charge is 2.19. The average molecular weight is 475 g/mol. The van der Waals surface area contributed by atoms with Gasteiger partial charge in [-0.3, -0.25) is 14.8 Å². The first-order valence-electron chi connectivity index (χ1n) is 11.9. The topological polar surface area (TPSA) is 67.2 Å². The Balaban J connectivity index is 1.62. The number of aliphatic imine (C=N–C) groups is 1. The molecule has 1 amide bonds. The molecule has 0 bridgehead atoms. The second kappa shape index (κ2) is 10.9. The minimum absolute atomic E-state index is 0.0642. The van der Waals surface area contributed by atoms with Crippen LogP contribution in [-0.4, -0.2) is 22.6 Å². The Morgan fingerprint density at radius 1 is 1.06 bits per heavy atom. The molecule has 180 valence electrons. The van der Waals surface area contributed by atoms with Gasteiger partial charge >= 0.3 is 0 Å². The Morgan fingerprint density at radius 3 is 2.53 bits per heavy atom. The predicted molar refractivity (Wildman–Crippen MR) is 148 cm³/mol. The van der Waals surface area contributed by atoms with Gasteiger partial charge in [0.1, 0.15) is 0 Å². The summed E-state index contributed by atoms with van der Waals surface area (Å²) in [6.07, 6.45) is 3.64. The van der Waals surface area contributed by atoms with Crippen LogP contribution in [0.4, 0.5) is 0 Å². The normalized spacial score (nSPS) is 12.5. The third-order valence-electron chi connectivity index (χ3n) is 6.25. The monoisotopic (exact) mass is 474 g/mol. The van der Waals surface area contributed by atoms with Crippen LogP contribution in [0, 0.1) is 13.8 Å². The van der Waals surface area contributed by atoms with Gasteiger partial charge in [-0.2, -0.15) is 0 Å². The summed E-state index contributed by atoms with van der Waals surface area (Å²) in [6.45, 7) is 13.5. The molecule has 4 rings (SSSR count). The van der Waals surface area contributed by atoms with Gasteiger partial charge in [0.2, 0.25) is 5.91 Å². The van der Waals surface area contributed by atoms with Gasteiger partial charge in [-0.05, 0) is 61.9 Å². The van der Waals surface area contributed by atoms with E-state index in [4.69, 9.17) is 4.98 Å². The van der Waals surface area contributed by atoms with Gasteiger partial charge in [0.15, 0.2) is 0 Å². The summed E-state index contributed by atoms with van der Waals surface area (Å²) in [5, 5.41) is 3.25. The average Bonchev–Trinajstić information content (AvgIpc) is 2.88. The van der Waals surface area contributed by atoms with Crippen LogP contribution in [0.1, 0.15) is 46.5 Å². The van der Waals surface area contributed by atoms with Crippen LogP contribution in [0.2, 0.25) is 0 Å². The lowest BCUT2D eigenvalue weighted by Crippen LogP contribution is -2.31. The maximum Gasteiger partial charge on any atom is 0.225 e. The van der Waals surface area contributed by atoms with Gasteiger partial charge in [-0.15, -0.1) is 0 Å². The van der Waals surface area contributed by atoms with E-state index < -0.39 is 0 Å². The molecule has 0 aliphatic carbocycles. The number of nitrogens with one attached hydrogen (secondary N) is 1. The van der Waals surface area contributed by atoms with E-state index >= 15 is 0 Å². The van der Waals surface area contributed by atoms with Crippen molar-refractivity contribution in [3.8, 4) is 0 Å². The Kier molecular flexibility index (Phi) is 7.50. The van der Waals surface area contributed by atoms with E-state index in [0.717, 1.165) is 39.0 Å². The molecule has 0 radical (unpaired) electrons. The van der Waals surface area contributed by atoms with Crippen LogP contribution in [-0.2, 0) is 11.2 Å². The Hall–Kier alpha value is -4.38. The number of rotatable bonds is 8. The molecule has 1 atom stereocenters. The van der Waals surface area contributed by atoms with Gasteiger partial charge in [-0.1, -0.05) is 72.8 Å². The van der Waals surface area contributed by atoms with Crippen molar-refractivity contribution in [3.05, 3.63) is 125 Å². The standard InChI is InChI=1S/C31H30N4O/c1-6-25(22(4)32-5)29-19-33-27-15-13-23(17-28(27)34-29)18-30(36)35-31(24-10-8-7-9-11-24)26-14-12-20(2)16-21(26)3/h6-17,19,31H,1,5,18H2,2-4H3,(H,35,36)/b25-22+. The number of nitrogens with zero attached hydrogens (tertiary/aromatic N) is 3. The number of aromatic nitrogens is 2. The number of carbonyl (C=O) groups is 1. The molecule has 0 saturated heterocycles. The van der Waals surface area contributed by atoms with Gasteiger partial charge in [0, 0.05) is 11.3 Å². The van der Waals surface area contributed by atoms with E-state index in [-0.39, 0.29) is 18.4 Å². The number of hydrogen-bond acceptors (Lipinski definition) is 4. The van der Waals surface area contributed by atoms with E-state index in [1.54, 1.807) is 12.3 Å². The second-order valence-corrected chi connectivity index (χ2v) is 8.89. The highest BCUT2D eigenvalue weighted by molar-refractivity contribution is 5.83. The van der Waals surface area contributed by atoms with Crippen molar-refractivity contribution in [2.45, 2.75) is 33.2 Å². The molecule has 0 aliphatic rings. The number of fused-ring (bicyclic) bond motifs is 1. The molecule has 4 aromatic rings. The molecule has 1 N–H and O–H groups in total. The first kappa shape index (κ1) is 24.7. The van der Waals surface area contributed by atoms with Crippen molar-refractivity contribution < 1.29 is 4.79 Å². The van der Waals surface area contributed by atoms with Crippen LogP contribution in [0.25, 0.3) is 16.6 Å². The zero-order valence-corrected chi connectivity index (χ0v) is 21.0. The summed E-state index contributed by atoms with van der Waals surface area (Å²) >= 11 is 0. The summed E-state index contributed by atoms with van der Waals surface area (Å²) in [6, 6.07) is 21.9. The quantitative estimate of drug-likeness (QED) is 0.240. The lowest BCUT2D eigenvalue weighted by molar-refractivity contribution is -0.120. The van der Waals surface area contributed by atoms with Crippen LogP contribution < -0.4 is 5.32 Å². The smallest absolute Gasteiger partial charge is 0.225 e. The van der Waals surface area contributed by atoms with Crippen LogP contribution in [0.15, 0.2) is 96.3 Å². The number of aryl methyl sites for hydroxylation is 2. The fourth-order valence-electron chi connectivity index (χ4n) is 4.35. The molecular weight excluding hydrogens is 444 g/mol. The van der Waals surface area contributed by atoms with Crippen LogP contribution in [0.5, 0.6) is 0 Å². The molecule has 0 saturated carbocycles. The van der Waals surface area contributed by atoms with E-state index in [2.05, 4.69) is 60.6 Å². The fraction of sp³-hybridized carbons (Fsp3) is 0.161. The molecule has 0 aliphatic heterocycles. The highest BCUT2D eigenvalue weighted by atomic mass is 16.1. The van der Waals surface area contributed by atoms with Crippen molar-refractivity contribution in [1.29, 1.82) is 0 Å². The minimum atomic E-state index is -0.235. The Morgan fingerprint density at radius 2 is 1.83 bits per heavy atom. The number of allylic oxidation sites excluding steroid dienone is 3. The van der Waals surface area contributed by atoms with Gasteiger partial charge in [0.25, 0.3) is 0 Å². The zero-order valence-electron chi connectivity index (χ0n) is 21.0. The van der Waals surface area contributed by atoms with Crippen LogP contribution >= 0.6 is 0 Å². The first-order chi connectivity index (χ1) is 17.4.